The quantitative estimate of drug-likeness (QED) is 0.729. The normalized spacial score (nSPS) is 17.6. The van der Waals surface area contributed by atoms with E-state index >= 15 is 0 Å². The van der Waals surface area contributed by atoms with E-state index in [1.807, 2.05) is 12.1 Å². The molecule has 0 spiro atoms. The van der Waals surface area contributed by atoms with E-state index in [4.69, 9.17) is 9.52 Å². The van der Waals surface area contributed by atoms with E-state index in [0.717, 1.165) is 18.8 Å². The van der Waals surface area contributed by atoms with Gasteiger partial charge in [0, 0.05) is 13.1 Å². The van der Waals surface area contributed by atoms with E-state index in [9.17, 15) is 4.79 Å². The Bertz CT molecular complexity index is 388. The summed E-state index contributed by atoms with van der Waals surface area (Å²) < 4.78 is 5.51. The smallest absolute Gasteiger partial charge is 0.314 e. The van der Waals surface area contributed by atoms with Crippen molar-refractivity contribution in [1.82, 2.24) is 15.5 Å². The number of hydrogen-bond donors (Lipinski definition) is 3. The molecule has 20 heavy (non-hydrogen) atoms. The van der Waals surface area contributed by atoms with E-state index in [2.05, 4.69) is 15.5 Å². The molecule has 0 radical (unpaired) electrons. The van der Waals surface area contributed by atoms with Crippen LogP contribution in [0.2, 0.25) is 0 Å². The van der Waals surface area contributed by atoms with Gasteiger partial charge in [0.15, 0.2) is 0 Å². The van der Waals surface area contributed by atoms with Gasteiger partial charge in [-0.15, -0.1) is 0 Å². The van der Waals surface area contributed by atoms with Gasteiger partial charge in [-0.05, 0) is 38.1 Å². The second-order valence-corrected chi connectivity index (χ2v) is 4.99. The number of nitrogens with zero attached hydrogens (tertiary/aromatic N) is 1. The van der Waals surface area contributed by atoms with Gasteiger partial charge < -0.3 is 20.2 Å². The summed E-state index contributed by atoms with van der Waals surface area (Å²) in [5.74, 6) is 0.884. The summed E-state index contributed by atoms with van der Waals surface area (Å²) in [5, 5.41) is 14.1. The third kappa shape index (κ3) is 4.25. The molecule has 1 aromatic rings. The highest BCUT2D eigenvalue weighted by Gasteiger charge is 2.24. The predicted molar refractivity (Wildman–Crippen MR) is 75.4 cm³/mol. The molecule has 1 aromatic heterocycles. The fourth-order valence-corrected chi connectivity index (χ4v) is 2.54. The Morgan fingerprint density at radius 2 is 2.15 bits per heavy atom. The Labute approximate surface area is 119 Å². The number of carbonyl (C=O) groups excluding carboxylic acids is 1. The van der Waals surface area contributed by atoms with Gasteiger partial charge in [0.2, 0.25) is 0 Å². The standard InChI is InChI=1S/C14H23N3O3/c18-9-6-15-14(19)16-11-12(13-5-4-10-20-13)17-7-2-1-3-8-17/h4-5,10,12,18H,1-3,6-9,11H2,(H2,15,16,19)/t12-/m1/s1. The first-order valence-electron chi connectivity index (χ1n) is 7.21. The molecule has 1 atom stereocenters. The zero-order valence-electron chi connectivity index (χ0n) is 11.7. The Balaban J connectivity index is 1.91. The van der Waals surface area contributed by atoms with Gasteiger partial charge in [0.05, 0.1) is 18.9 Å². The molecular weight excluding hydrogens is 258 g/mol. The average Bonchev–Trinajstić information content (AvgIpc) is 3.00. The molecule has 2 amide bonds. The lowest BCUT2D eigenvalue weighted by atomic mass is 10.1. The maximum Gasteiger partial charge on any atom is 0.314 e. The maximum atomic E-state index is 11.6. The number of carbonyl (C=O) groups is 1. The van der Waals surface area contributed by atoms with Crippen LogP contribution in [0.5, 0.6) is 0 Å². The van der Waals surface area contributed by atoms with Crippen LogP contribution in [-0.2, 0) is 0 Å². The first-order chi connectivity index (χ1) is 9.81. The van der Waals surface area contributed by atoms with Crippen LogP contribution in [0.25, 0.3) is 0 Å². The summed E-state index contributed by atoms with van der Waals surface area (Å²) in [6, 6.07) is 3.64. The summed E-state index contributed by atoms with van der Waals surface area (Å²) in [5.41, 5.74) is 0. The van der Waals surface area contributed by atoms with Crippen LogP contribution in [0.4, 0.5) is 4.79 Å². The zero-order chi connectivity index (χ0) is 14.2. The number of nitrogens with one attached hydrogen (secondary N) is 2. The molecule has 6 nitrogen and oxygen atoms in total. The molecule has 0 aromatic carbocycles. The number of aliphatic hydroxyl groups is 1. The number of aliphatic hydroxyl groups excluding tert-OH is 1. The van der Waals surface area contributed by atoms with Crippen molar-refractivity contribution >= 4 is 6.03 Å². The molecule has 1 aliphatic heterocycles. The molecule has 2 rings (SSSR count). The first kappa shape index (κ1) is 14.9. The number of amides is 2. The second-order valence-electron chi connectivity index (χ2n) is 4.99. The molecule has 3 N–H and O–H groups in total. The number of likely N-dealkylation sites (tertiary alicyclic amines) is 1. The number of rotatable bonds is 6. The molecule has 2 heterocycles. The SMILES string of the molecule is O=C(NCCO)NC[C@H](c1ccco1)N1CCCCC1. The van der Waals surface area contributed by atoms with E-state index in [1.54, 1.807) is 6.26 Å². The molecule has 1 fully saturated rings. The highest BCUT2D eigenvalue weighted by Crippen LogP contribution is 2.24. The first-order valence-corrected chi connectivity index (χ1v) is 7.21. The molecule has 1 aliphatic rings. The van der Waals surface area contributed by atoms with Crippen LogP contribution in [-0.4, -0.2) is 48.8 Å². The van der Waals surface area contributed by atoms with Crippen LogP contribution in [0.3, 0.4) is 0 Å². The Morgan fingerprint density at radius 1 is 1.35 bits per heavy atom. The van der Waals surface area contributed by atoms with Crippen molar-refractivity contribution in [2.24, 2.45) is 0 Å². The van der Waals surface area contributed by atoms with Crippen LogP contribution in [0, 0.1) is 0 Å². The molecular formula is C14H23N3O3. The molecule has 0 aliphatic carbocycles. The van der Waals surface area contributed by atoms with E-state index < -0.39 is 0 Å². The van der Waals surface area contributed by atoms with Crippen molar-refractivity contribution in [2.75, 3.05) is 32.8 Å². The summed E-state index contributed by atoms with van der Waals surface area (Å²) in [6.45, 7) is 2.78. The Morgan fingerprint density at radius 3 is 2.80 bits per heavy atom. The number of piperidine rings is 1. The van der Waals surface area contributed by atoms with Gasteiger partial charge in [-0.1, -0.05) is 6.42 Å². The second kappa shape index (κ2) is 7.91. The van der Waals surface area contributed by atoms with Gasteiger partial charge in [-0.3, -0.25) is 4.90 Å². The van der Waals surface area contributed by atoms with Crippen molar-refractivity contribution in [3.05, 3.63) is 24.2 Å². The Kier molecular flexibility index (Phi) is 5.88. The summed E-state index contributed by atoms with van der Waals surface area (Å²) in [4.78, 5) is 13.9. The minimum Gasteiger partial charge on any atom is -0.468 e. The molecule has 112 valence electrons. The van der Waals surface area contributed by atoms with Gasteiger partial charge in [-0.2, -0.15) is 0 Å². The molecule has 0 saturated carbocycles. The fraction of sp³-hybridized carbons (Fsp3) is 0.643. The molecule has 6 heteroatoms. The van der Waals surface area contributed by atoms with Crippen molar-refractivity contribution in [1.29, 1.82) is 0 Å². The topological polar surface area (TPSA) is 77.7 Å². The Hall–Kier alpha value is -1.53. The van der Waals surface area contributed by atoms with E-state index in [1.165, 1.54) is 19.3 Å². The third-order valence-corrected chi connectivity index (χ3v) is 3.56. The lowest BCUT2D eigenvalue weighted by Crippen LogP contribution is -2.44. The zero-order valence-corrected chi connectivity index (χ0v) is 11.7. The van der Waals surface area contributed by atoms with Crippen LogP contribution in [0.15, 0.2) is 22.8 Å². The van der Waals surface area contributed by atoms with Crippen molar-refractivity contribution in [3.8, 4) is 0 Å². The summed E-state index contributed by atoms with van der Waals surface area (Å²) >= 11 is 0. The van der Waals surface area contributed by atoms with E-state index in [-0.39, 0.29) is 25.2 Å². The maximum absolute atomic E-state index is 11.6. The average molecular weight is 281 g/mol. The largest absolute Gasteiger partial charge is 0.468 e. The summed E-state index contributed by atoms with van der Waals surface area (Å²) in [6.07, 6.45) is 5.31. The number of furan rings is 1. The van der Waals surface area contributed by atoms with Crippen LogP contribution >= 0.6 is 0 Å². The lowest BCUT2D eigenvalue weighted by molar-refractivity contribution is 0.143. The molecule has 0 bridgehead atoms. The highest BCUT2D eigenvalue weighted by atomic mass is 16.3. The predicted octanol–water partition coefficient (Wildman–Crippen LogP) is 1.10. The van der Waals surface area contributed by atoms with Crippen LogP contribution < -0.4 is 10.6 Å². The monoisotopic (exact) mass is 281 g/mol. The van der Waals surface area contributed by atoms with Gasteiger partial charge >= 0.3 is 6.03 Å². The molecule has 1 saturated heterocycles. The highest BCUT2D eigenvalue weighted by molar-refractivity contribution is 5.73. The van der Waals surface area contributed by atoms with Crippen molar-refractivity contribution in [2.45, 2.75) is 25.3 Å². The molecule has 0 unspecified atom stereocenters. The third-order valence-electron chi connectivity index (χ3n) is 3.56. The van der Waals surface area contributed by atoms with Crippen molar-refractivity contribution in [3.63, 3.8) is 0 Å². The lowest BCUT2D eigenvalue weighted by Gasteiger charge is -2.33. The number of hydrogen-bond acceptors (Lipinski definition) is 4. The van der Waals surface area contributed by atoms with Crippen LogP contribution in [0.1, 0.15) is 31.1 Å². The summed E-state index contributed by atoms with van der Waals surface area (Å²) in [7, 11) is 0. The minimum atomic E-state index is -0.257. The number of urea groups is 1. The van der Waals surface area contributed by atoms with Gasteiger partial charge in [0.1, 0.15) is 5.76 Å². The minimum absolute atomic E-state index is 0.0544. The van der Waals surface area contributed by atoms with Gasteiger partial charge in [-0.25, -0.2) is 4.79 Å². The van der Waals surface area contributed by atoms with Gasteiger partial charge in [0.25, 0.3) is 0 Å². The fourth-order valence-electron chi connectivity index (χ4n) is 2.54. The van der Waals surface area contributed by atoms with Crippen molar-refractivity contribution < 1.29 is 14.3 Å². The van der Waals surface area contributed by atoms with E-state index in [0.29, 0.717) is 6.54 Å².